The Labute approximate surface area is 96.4 Å². The number of nitrogen functional groups attached to an aromatic ring is 1. The van der Waals surface area contributed by atoms with E-state index < -0.39 is 5.97 Å². The molecule has 0 spiro atoms. The van der Waals surface area contributed by atoms with Crippen molar-refractivity contribution < 1.29 is 9.90 Å². The summed E-state index contributed by atoms with van der Waals surface area (Å²) in [6.45, 7) is 1.81. The van der Waals surface area contributed by atoms with Crippen LogP contribution < -0.4 is 5.73 Å². The first-order chi connectivity index (χ1) is 7.43. The van der Waals surface area contributed by atoms with E-state index in [1.54, 1.807) is 11.6 Å². The summed E-state index contributed by atoms with van der Waals surface area (Å²) in [6, 6.07) is 1.44. The van der Waals surface area contributed by atoms with Crippen LogP contribution in [-0.4, -0.2) is 20.6 Å². The maximum absolute atomic E-state index is 10.9. The van der Waals surface area contributed by atoms with E-state index in [0.717, 1.165) is 5.82 Å². The van der Waals surface area contributed by atoms with Crippen molar-refractivity contribution in [1.29, 1.82) is 0 Å². The molecule has 0 saturated heterocycles. The fourth-order valence-corrected chi connectivity index (χ4v) is 1.96. The molecule has 0 aliphatic carbocycles. The molecule has 2 aromatic rings. The topological polar surface area (TPSA) is 81.1 Å². The van der Waals surface area contributed by atoms with Crippen LogP contribution in [0.3, 0.4) is 0 Å². The fourth-order valence-electron chi connectivity index (χ4n) is 1.63. The highest BCUT2D eigenvalue weighted by Gasteiger charge is 2.18. The van der Waals surface area contributed by atoms with Crippen LogP contribution in [0, 0.1) is 6.92 Å². The van der Waals surface area contributed by atoms with Crippen molar-refractivity contribution >= 4 is 34.3 Å². The Morgan fingerprint density at radius 1 is 1.62 bits per heavy atom. The average Bonchev–Trinajstić information content (AvgIpc) is 2.48. The van der Waals surface area contributed by atoms with Gasteiger partial charge in [-0.15, -0.1) is 0 Å². The SMILES string of the molecule is Cc1nc2cc(C(=O)O)c(N)c(Cl)c2n1C. The largest absolute Gasteiger partial charge is 0.478 e. The highest BCUT2D eigenvalue weighted by Crippen LogP contribution is 2.32. The molecule has 1 heterocycles. The molecule has 0 fully saturated rings. The first-order valence-electron chi connectivity index (χ1n) is 4.57. The number of halogens is 1. The van der Waals surface area contributed by atoms with E-state index in [1.165, 1.54) is 6.07 Å². The Balaban J connectivity index is 2.93. The van der Waals surface area contributed by atoms with Crippen LogP contribution in [0.25, 0.3) is 11.0 Å². The molecule has 0 aliphatic heterocycles. The number of aromatic carboxylic acids is 1. The average molecular weight is 240 g/mol. The van der Waals surface area contributed by atoms with Gasteiger partial charge in [-0.3, -0.25) is 0 Å². The van der Waals surface area contributed by atoms with Gasteiger partial charge in [0, 0.05) is 7.05 Å². The summed E-state index contributed by atoms with van der Waals surface area (Å²) in [5.41, 5.74) is 6.92. The number of nitrogens with zero attached hydrogens (tertiary/aromatic N) is 2. The van der Waals surface area contributed by atoms with Crippen LogP contribution in [0.2, 0.25) is 5.02 Å². The number of carboxylic acid groups (broad SMARTS) is 1. The van der Waals surface area contributed by atoms with E-state index in [0.29, 0.717) is 11.0 Å². The molecule has 16 heavy (non-hydrogen) atoms. The van der Waals surface area contributed by atoms with Gasteiger partial charge in [0.25, 0.3) is 0 Å². The number of anilines is 1. The zero-order valence-corrected chi connectivity index (χ0v) is 9.54. The lowest BCUT2D eigenvalue weighted by Crippen LogP contribution is -2.04. The van der Waals surface area contributed by atoms with E-state index in [4.69, 9.17) is 22.4 Å². The van der Waals surface area contributed by atoms with E-state index >= 15 is 0 Å². The lowest BCUT2D eigenvalue weighted by molar-refractivity contribution is 0.0698. The lowest BCUT2D eigenvalue weighted by Gasteiger charge is -2.05. The number of hydrogen-bond donors (Lipinski definition) is 2. The third-order valence-electron chi connectivity index (χ3n) is 2.59. The van der Waals surface area contributed by atoms with Gasteiger partial charge in [-0.1, -0.05) is 11.6 Å². The second kappa shape index (κ2) is 3.38. The number of rotatable bonds is 1. The van der Waals surface area contributed by atoms with E-state index in [1.807, 2.05) is 6.92 Å². The summed E-state index contributed by atoms with van der Waals surface area (Å²) < 4.78 is 1.78. The predicted molar refractivity (Wildman–Crippen MR) is 61.8 cm³/mol. The molecule has 0 unspecified atom stereocenters. The van der Waals surface area contributed by atoms with Crippen LogP contribution in [0.4, 0.5) is 5.69 Å². The fraction of sp³-hybridized carbons (Fsp3) is 0.200. The van der Waals surface area contributed by atoms with Crippen LogP contribution in [0.5, 0.6) is 0 Å². The van der Waals surface area contributed by atoms with Gasteiger partial charge in [0.05, 0.1) is 27.3 Å². The van der Waals surface area contributed by atoms with E-state index in [2.05, 4.69) is 4.98 Å². The molecule has 84 valence electrons. The van der Waals surface area contributed by atoms with Crippen molar-refractivity contribution in [2.75, 3.05) is 5.73 Å². The molecular formula is C10H10ClN3O2. The molecule has 2 rings (SSSR count). The Kier molecular flexibility index (Phi) is 2.27. The number of nitrogens with two attached hydrogens (primary N) is 1. The summed E-state index contributed by atoms with van der Waals surface area (Å²) in [4.78, 5) is 15.2. The third kappa shape index (κ3) is 1.32. The van der Waals surface area contributed by atoms with Gasteiger partial charge in [-0.2, -0.15) is 0 Å². The molecule has 6 heteroatoms. The van der Waals surface area contributed by atoms with Gasteiger partial charge < -0.3 is 15.4 Å². The van der Waals surface area contributed by atoms with Gasteiger partial charge in [0.1, 0.15) is 5.82 Å². The summed E-state index contributed by atoms with van der Waals surface area (Å²) in [5, 5.41) is 9.19. The number of carboxylic acids is 1. The van der Waals surface area contributed by atoms with E-state index in [-0.39, 0.29) is 16.3 Å². The van der Waals surface area contributed by atoms with Crippen molar-refractivity contribution in [2.45, 2.75) is 6.92 Å². The second-order valence-corrected chi connectivity index (χ2v) is 3.92. The zero-order valence-electron chi connectivity index (χ0n) is 8.78. The van der Waals surface area contributed by atoms with Crippen LogP contribution in [0.15, 0.2) is 6.07 Å². The molecule has 1 aromatic carbocycles. The van der Waals surface area contributed by atoms with Gasteiger partial charge in [0.15, 0.2) is 0 Å². The normalized spacial score (nSPS) is 10.9. The van der Waals surface area contributed by atoms with Crippen molar-refractivity contribution in [1.82, 2.24) is 9.55 Å². The molecular weight excluding hydrogens is 230 g/mol. The maximum atomic E-state index is 10.9. The van der Waals surface area contributed by atoms with Gasteiger partial charge in [0.2, 0.25) is 0 Å². The molecule has 0 atom stereocenters. The smallest absolute Gasteiger partial charge is 0.337 e. The Bertz CT molecular complexity index is 604. The lowest BCUT2D eigenvalue weighted by atomic mass is 10.1. The monoisotopic (exact) mass is 239 g/mol. The standard InChI is InChI=1S/C10H10ClN3O2/c1-4-13-6-3-5(10(15)16)8(12)7(11)9(6)14(4)2/h3H,12H2,1-2H3,(H,15,16). The summed E-state index contributed by atoms with van der Waals surface area (Å²) in [7, 11) is 1.80. The number of aromatic nitrogens is 2. The van der Waals surface area contributed by atoms with Crippen molar-refractivity contribution in [2.24, 2.45) is 7.05 Å². The number of imidazole rings is 1. The quantitative estimate of drug-likeness (QED) is 0.744. The third-order valence-corrected chi connectivity index (χ3v) is 2.97. The van der Waals surface area contributed by atoms with Gasteiger partial charge >= 0.3 is 5.97 Å². The summed E-state index contributed by atoms with van der Waals surface area (Å²) in [5.74, 6) is -0.358. The molecule has 5 nitrogen and oxygen atoms in total. The van der Waals surface area contributed by atoms with Crippen LogP contribution in [-0.2, 0) is 7.05 Å². The van der Waals surface area contributed by atoms with Crippen LogP contribution >= 0.6 is 11.6 Å². The Morgan fingerprint density at radius 3 is 2.81 bits per heavy atom. The highest BCUT2D eigenvalue weighted by atomic mass is 35.5. The molecule has 0 radical (unpaired) electrons. The molecule has 0 saturated carbocycles. The minimum atomic E-state index is -1.11. The number of benzene rings is 1. The number of hydrogen-bond acceptors (Lipinski definition) is 3. The first-order valence-corrected chi connectivity index (χ1v) is 4.95. The zero-order chi connectivity index (χ0) is 12.0. The van der Waals surface area contributed by atoms with Gasteiger partial charge in [-0.05, 0) is 13.0 Å². The Morgan fingerprint density at radius 2 is 2.25 bits per heavy atom. The molecule has 1 aromatic heterocycles. The minimum absolute atomic E-state index is 0.0180. The molecule has 3 N–H and O–H groups in total. The Hall–Kier alpha value is -1.75. The predicted octanol–water partition coefficient (Wildman–Crippen LogP) is 1.82. The molecule has 0 aliphatic rings. The second-order valence-electron chi connectivity index (χ2n) is 3.54. The van der Waals surface area contributed by atoms with Crippen molar-refractivity contribution in [3.63, 3.8) is 0 Å². The molecule has 0 bridgehead atoms. The number of aryl methyl sites for hydroxylation is 2. The van der Waals surface area contributed by atoms with Crippen LogP contribution in [0.1, 0.15) is 16.2 Å². The number of carbonyl (C=O) groups is 1. The summed E-state index contributed by atoms with van der Waals surface area (Å²) >= 11 is 6.04. The minimum Gasteiger partial charge on any atom is -0.478 e. The van der Waals surface area contributed by atoms with Crippen molar-refractivity contribution in [3.8, 4) is 0 Å². The molecule has 0 amide bonds. The maximum Gasteiger partial charge on any atom is 0.337 e. The van der Waals surface area contributed by atoms with Gasteiger partial charge in [-0.25, -0.2) is 9.78 Å². The van der Waals surface area contributed by atoms with E-state index in [9.17, 15) is 4.79 Å². The number of fused-ring (bicyclic) bond motifs is 1. The highest BCUT2D eigenvalue weighted by molar-refractivity contribution is 6.38. The van der Waals surface area contributed by atoms with Crippen molar-refractivity contribution in [3.05, 3.63) is 22.5 Å². The summed E-state index contributed by atoms with van der Waals surface area (Å²) in [6.07, 6.45) is 0. The first kappa shape index (κ1) is 10.8.